The molecule has 1 heterocycles. The molecule has 17 heavy (non-hydrogen) atoms. The monoisotopic (exact) mass is 257 g/mol. The van der Waals surface area contributed by atoms with Gasteiger partial charge in [-0.3, -0.25) is 4.79 Å². The normalized spacial score (nSPS) is 20.9. The van der Waals surface area contributed by atoms with Crippen molar-refractivity contribution in [1.29, 1.82) is 0 Å². The van der Waals surface area contributed by atoms with Crippen molar-refractivity contribution in [3.63, 3.8) is 0 Å². The number of amides is 1. The molecule has 1 amide bonds. The fourth-order valence-electron chi connectivity index (χ4n) is 1.91. The number of sulfone groups is 1. The highest BCUT2D eigenvalue weighted by Gasteiger charge is 2.41. The molecule has 0 aromatic heterocycles. The van der Waals surface area contributed by atoms with Crippen LogP contribution in [0.3, 0.4) is 0 Å². The number of carbonyl (C=O) groups excluding carboxylic acids is 1. The Balaban J connectivity index is 2.45. The molecule has 0 aliphatic carbocycles. The Bertz CT molecular complexity index is 556. The Morgan fingerprint density at radius 2 is 2.00 bits per heavy atom. The van der Waals surface area contributed by atoms with Crippen molar-refractivity contribution < 1.29 is 17.6 Å². The van der Waals surface area contributed by atoms with Crippen molar-refractivity contribution in [3.05, 3.63) is 30.1 Å². The highest BCUT2D eigenvalue weighted by molar-refractivity contribution is 7.92. The van der Waals surface area contributed by atoms with Gasteiger partial charge in [0.25, 0.3) is 0 Å². The topological polar surface area (TPSA) is 54.5 Å². The maximum absolute atomic E-state index is 13.5. The summed E-state index contributed by atoms with van der Waals surface area (Å²) in [6, 6.07) is 5.13. The van der Waals surface area contributed by atoms with E-state index in [9.17, 15) is 17.6 Å². The van der Waals surface area contributed by atoms with Crippen molar-refractivity contribution in [2.45, 2.75) is 16.6 Å². The SMILES string of the molecule is CN1CCC(S(=O)(=O)c2ccccc2F)C1=O. The van der Waals surface area contributed by atoms with Gasteiger partial charge in [0.05, 0.1) is 0 Å². The Labute approximate surface area is 99.0 Å². The summed E-state index contributed by atoms with van der Waals surface area (Å²) in [5, 5.41) is -1.15. The number of rotatable bonds is 2. The molecule has 2 rings (SSSR count). The van der Waals surface area contributed by atoms with Crippen LogP contribution in [0.2, 0.25) is 0 Å². The minimum Gasteiger partial charge on any atom is -0.345 e. The van der Waals surface area contributed by atoms with Crippen LogP contribution >= 0.6 is 0 Å². The molecule has 1 aliphatic rings. The van der Waals surface area contributed by atoms with Crippen LogP contribution in [0.4, 0.5) is 4.39 Å². The fourth-order valence-corrected chi connectivity index (χ4v) is 3.68. The van der Waals surface area contributed by atoms with Gasteiger partial charge < -0.3 is 4.90 Å². The lowest BCUT2D eigenvalue weighted by molar-refractivity contribution is -0.126. The largest absolute Gasteiger partial charge is 0.345 e. The molecule has 0 N–H and O–H groups in total. The third-order valence-corrected chi connectivity index (χ3v) is 5.03. The zero-order valence-corrected chi connectivity index (χ0v) is 10.1. The van der Waals surface area contributed by atoms with E-state index in [4.69, 9.17) is 0 Å². The van der Waals surface area contributed by atoms with Gasteiger partial charge in [-0.1, -0.05) is 12.1 Å². The molecule has 1 unspecified atom stereocenters. The number of benzene rings is 1. The van der Waals surface area contributed by atoms with E-state index in [1.165, 1.54) is 23.1 Å². The van der Waals surface area contributed by atoms with E-state index >= 15 is 0 Å². The summed E-state index contributed by atoms with van der Waals surface area (Å²) in [5.74, 6) is -1.27. The van der Waals surface area contributed by atoms with Crippen molar-refractivity contribution in [1.82, 2.24) is 4.90 Å². The average Bonchev–Trinajstić information content (AvgIpc) is 2.60. The maximum atomic E-state index is 13.5. The summed E-state index contributed by atoms with van der Waals surface area (Å²) < 4.78 is 37.7. The van der Waals surface area contributed by atoms with E-state index in [1.807, 2.05) is 0 Å². The number of carbonyl (C=O) groups is 1. The highest BCUT2D eigenvalue weighted by atomic mass is 32.2. The van der Waals surface area contributed by atoms with Crippen LogP contribution in [0.25, 0.3) is 0 Å². The number of likely N-dealkylation sites (tertiary alicyclic amines) is 1. The van der Waals surface area contributed by atoms with Crippen molar-refractivity contribution >= 4 is 15.7 Å². The lowest BCUT2D eigenvalue weighted by Gasteiger charge is -2.11. The van der Waals surface area contributed by atoms with Crippen LogP contribution < -0.4 is 0 Å². The molecule has 1 aliphatic heterocycles. The number of halogens is 1. The van der Waals surface area contributed by atoms with Gasteiger partial charge in [0.2, 0.25) is 5.91 Å². The summed E-state index contributed by atoms with van der Waals surface area (Å²) >= 11 is 0. The molecule has 1 aromatic carbocycles. The quantitative estimate of drug-likeness (QED) is 0.788. The van der Waals surface area contributed by atoms with Crippen LogP contribution in [-0.2, 0) is 14.6 Å². The zero-order valence-electron chi connectivity index (χ0n) is 9.26. The van der Waals surface area contributed by atoms with Crippen molar-refractivity contribution in [3.8, 4) is 0 Å². The number of hydrogen-bond donors (Lipinski definition) is 0. The van der Waals surface area contributed by atoms with E-state index < -0.39 is 31.7 Å². The first-order valence-corrected chi connectivity index (χ1v) is 6.72. The van der Waals surface area contributed by atoms with Gasteiger partial charge in [-0.15, -0.1) is 0 Å². The summed E-state index contributed by atoms with van der Waals surface area (Å²) in [6.07, 6.45) is 0.214. The summed E-state index contributed by atoms with van der Waals surface area (Å²) in [7, 11) is -2.38. The third kappa shape index (κ3) is 1.93. The van der Waals surface area contributed by atoms with Crippen molar-refractivity contribution in [2.75, 3.05) is 13.6 Å². The molecule has 0 bridgehead atoms. The minimum atomic E-state index is -3.92. The van der Waals surface area contributed by atoms with Crippen LogP contribution in [0.1, 0.15) is 6.42 Å². The Hall–Kier alpha value is -1.43. The molecule has 1 aromatic rings. The van der Waals surface area contributed by atoms with Crippen LogP contribution in [0, 0.1) is 5.82 Å². The molecular weight excluding hydrogens is 245 g/mol. The first kappa shape index (κ1) is 12.0. The summed E-state index contributed by atoms with van der Waals surface area (Å²) in [5.41, 5.74) is 0. The van der Waals surface area contributed by atoms with Gasteiger partial charge in [-0.25, -0.2) is 12.8 Å². The minimum absolute atomic E-state index is 0.214. The van der Waals surface area contributed by atoms with Gasteiger partial charge in [0.1, 0.15) is 16.0 Å². The predicted octanol–water partition coefficient (Wildman–Crippen LogP) is 0.830. The Morgan fingerprint density at radius 3 is 2.53 bits per heavy atom. The van der Waals surface area contributed by atoms with E-state index in [-0.39, 0.29) is 6.42 Å². The maximum Gasteiger partial charge on any atom is 0.241 e. The van der Waals surface area contributed by atoms with Crippen molar-refractivity contribution in [2.24, 2.45) is 0 Å². The lowest BCUT2D eigenvalue weighted by Crippen LogP contribution is -2.32. The smallest absolute Gasteiger partial charge is 0.241 e. The van der Waals surface area contributed by atoms with E-state index in [0.717, 1.165) is 6.07 Å². The summed E-state index contributed by atoms with van der Waals surface area (Å²) in [6.45, 7) is 0.386. The van der Waals surface area contributed by atoms with Crippen LogP contribution in [-0.4, -0.2) is 38.1 Å². The second kappa shape index (κ2) is 4.10. The van der Waals surface area contributed by atoms with Gasteiger partial charge >= 0.3 is 0 Å². The molecule has 1 atom stereocenters. The van der Waals surface area contributed by atoms with E-state index in [1.54, 1.807) is 7.05 Å². The molecule has 1 saturated heterocycles. The number of hydrogen-bond acceptors (Lipinski definition) is 3. The average molecular weight is 257 g/mol. The molecule has 0 radical (unpaired) electrons. The first-order chi connectivity index (χ1) is 7.94. The Kier molecular flexibility index (Phi) is 2.91. The number of nitrogens with zero attached hydrogens (tertiary/aromatic N) is 1. The second-order valence-corrected chi connectivity index (χ2v) is 6.11. The van der Waals surface area contributed by atoms with Gasteiger partial charge in [-0.05, 0) is 18.6 Å². The fraction of sp³-hybridized carbons (Fsp3) is 0.364. The first-order valence-electron chi connectivity index (χ1n) is 5.18. The molecular formula is C11H12FNO3S. The molecule has 4 nitrogen and oxygen atoms in total. The molecule has 92 valence electrons. The predicted molar refractivity (Wildman–Crippen MR) is 59.6 cm³/mol. The van der Waals surface area contributed by atoms with Crippen LogP contribution in [0.15, 0.2) is 29.2 Å². The second-order valence-electron chi connectivity index (χ2n) is 4.01. The lowest BCUT2D eigenvalue weighted by atomic mass is 10.3. The standard InChI is InChI=1S/C11H12FNO3S/c1-13-7-6-10(11(13)14)17(15,16)9-5-3-2-4-8(9)12/h2-5,10H,6-7H2,1H3. The molecule has 0 spiro atoms. The van der Waals surface area contributed by atoms with Crippen LogP contribution in [0.5, 0.6) is 0 Å². The summed E-state index contributed by atoms with van der Waals surface area (Å²) in [4.78, 5) is 12.6. The van der Waals surface area contributed by atoms with E-state index in [0.29, 0.717) is 6.54 Å². The van der Waals surface area contributed by atoms with Gasteiger partial charge in [0.15, 0.2) is 9.84 Å². The van der Waals surface area contributed by atoms with E-state index in [2.05, 4.69) is 0 Å². The van der Waals surface area contributed by atoms with Gasteiger partial charge in [0, 0.05) is 13.6 Å². The highest BCUT2D eigenvalue weighted by Crippen LogP contribution is 2.25. The molecule has 6 heteroatoms. The molecule has 0 saturated carbocycles. The Morgan fingerprint density at radius 1 is 1.35 bits per heavy atom. The molecule has 1 fully saturated rings. The van der Waals surface area contributed by atoms with Gasteiger partial charge in [-0.2, -0.15) is 0 Å². The zero-order chi connectivity index (χ0) is 12.6. The third-order valence-electron chi connectivity index (χ3n) is 2.90.